The normalized spacial score (nSPS) is 15.6. The number of halogens is 3. The van der Waals surface area contributed by atoms with Crippen molar-refractivity contribution in [2.24, 2.45) is 11.5 Å². The Bertz CT molecular complexity index is 1140. The molecule has 1 aliphatic carbocycles. The number of benzene rings is 1. The number of carbonyl (C=O) groups excluding carboxylic acids is 1. The minimum Gasteiger partial charge on any atom is -0.488 e. The lowest BCUT2D eigenvalue weighted by Gasteiger charge is -2.42. The second-order valence-electron chi connectivity index (χ2n) is 7.84. The van der Waals surface area contributed by atoms with Crippen molar-refractivity contribution in [1.29, 1.82) is 0 Å². The number of alkyl halides is 3. The molecule has 164 valence electrons. The van der Waals surface area contributed by atoms with E-state index < -0.39 is 23.2 Å². The Morgan fingerprint density at radius 1 is 1.29 bits per heavy atom. The number of hydrogen-bond acceptors (Lipinski definition) is 5. The SMILES string of the molecule is Cc1oc2ccc(OCc3cccnc3C(F)(F)F)c(C3(CN)CCC3)c2c1C(N)=O. The fourth-order valence-electron chi connectivity index (χ4n) is 4.36. The molecule has 1 aromatic carbocycles. The molecule has 0 spiro atoms. The molecular formula is C22H22F3N3O3. The topological polar surface area (TPSA) is 104 Å². The number of aryl methyl sites for hydroxylation is 1. The van der Waals surface area contributed by atoms with Gasteiger partial charge in [0.05, 0.1) is 5.56 Å². The number of carbonyl (C=O) groups is 1. The van der Waals surface area contributed by atoms with E-state index in [0.29, 0.717) is 34.6 Å². The number of primary amides is 1. The van der Waals surface area contributed by atoms with Gasteiger partial charge in [-0.2, -0.15) is 13.2 Å². The van der Waals surface area contributed by atoms with E-state index in [1.165, 1.54) is 12.1 Å². The van der Waals surface area contributed by atoms with Crippen LogP contribution in [0.3, 0.4) is 0 Å². The van der Waals surface area contributed by atoms with E-state index in [0.717, 1.165) is 25.5 Å². The molecule has 1 saturated carbocycles. The summed E-state index contributed by atoms with van der Waals surface area (Å²) < 4.78 is 51.6. The number of amides is 1. The second-order valence-corrected chi connectivity index (χ2v) is 7.84. The molecule has 2 heterocycles. The highest BCUT2D eigenvalue weighted by Crippen LogP contribution is 2.50. The highest BCUT2D eigenvalue weighted by atomic mass is 19.4. The van der Waals surface area contributed by atoms with Crippen molar-refractivity contribution in [1.82, 2.24) is 4.98 Å². The van der Waals surface area contributed by atoms with Crippen molar-refractivity contribution in [2.75, 3.05) is 6.54 Å². The van der Waals surface area contributed by atoms with Gasteiger partial charge >= 0.3 is 6.18 Å². The predicted molar refractivity (Wildman–Crippen MR) is 108 cm³/mol. The lowest BCUT2D eigenvalue weighted by atomic mass is 9.63. The zero-order chi connectivity index (χ0) is 22.4. The van der Waals surface area contributed by atoms with Gasteiger partial charge in [0.25, 0.3) is 5.91 Å². The van der Waals surface area contributed by atoms with E-state index in [-0.39, 0.29) is 17.7 Å². The number of nitrogens with two attached hydrogens (primary N) is 2. The minimum absolute atomic E-state index is 0.0880. The first-order valence-corrected chi connectivity index (χ1v) is 9.88. The highest BCUT2D eigenvalue weighted by Gasteiger charge is 2.43. The third kappa shape index (κ3) is 3.52. The van der Waals surface area contributed by atoms with Gasteiger partial charge in [0.15, 0.2) is 5.69 Å². The lowest BCUT2D eigenvalue weighted by Crippen LogP contribution is -2.42. The Labute approximate surface area is 176 Å². The Morgan fingerprint density at radius 3 is 2.61 bits per heavy atom. The van der Waals surface area contributed by atoms with Gasteiger partial charge in [0, 0.05) is 34.7 Å². The number of pyridine rings is 1. The highest BCUT2D eigenvalue weighted by molar-refractivity contribution is 6.08. The van der Waals surface area contributed by atoms with Crippen LogP contribution in [0.5, 0.6) is 5.75 Å². The summed E-state index contributed by atoms with van der Waals surface area (Å²) in [5.41, 5.74) is 11.6. The Morgan fingerprint density at radius 2 is 2.03 bits per heavy atom. The molecule has 0 aliphatic heterocycles. The van der Waals surface area contributed by atoms with E-state index in [9.17, 15) is 18.0 Å². The number of aromatic nitrogens is 1. The zero-order valence-electron chi connectivity index (χ0n) is 16.9. The van der Waals surface area contributed by atoms with Crippen molar-refractivity contribution in [3.8, 4) is 5.75 Å². The molecule has 1 aliphatic rings. The Hall–Kier alpha value is -3.07. The summed E-state index contributed by atoms with van der Waals surface area (Å²) in [7, 11) is 0. The molecule has 0 radical (unpaired) electrons. The zero-order valence-corrected chi connectivity index (χ0v) is 16.9. The maximum absolute atomic E-state index is 13.3. The van der Waals surface area contributed by atoms with Crippen LogP contribution >= 0.6 is 0 Å². The van der Waals surface area contributed by atoms with Gasteiger partial charge in [-0.05, 0) is 38.0 Å². The van der Waals surface area contributed by atoms with Crippen molar-refractivity contribution < 1.29 is 27.1 Å². The molecular weight excluding hydrogens is 411 g/mol. The number of rotatable bonds is 6. The van der Waals surface area contributed by atoms with Crippen molar-refractivity contribution >= 4 is 16.9 Å². The first-order chi connectivity index (χ1) is 14.7. The quantitative estimate of drug-likeness (QED) is 0.606. The molecule has 3 aromatic rings. The van der Waals surface area contributed by atoms with Crippen LogP contribution in [0.1, 0.15) is 52.2 Å². The number of fused-ring (bicyclic) bond motifs is 1. The fourth-order valence-corrected chi connectivity index (χ4v) is 4.36. The van der Waals surface area contributed by atoms with E-state index >= 15 is 0 Å². The van der Waals surface area contributed by atoms with Crippen molar-refractivity contribution in [3.05, 3.63) is 58.6 Å². The molecule has 1 fully saturated rings. The molecule has 1 amide bonds. The molecule has 0 saturated heterocycles. The lowest BCUT2D eigenvalue weighted by molar-refractivity contribution is -0.142. The minimum atomic E-state index is -4.60. The monoisotopic (exact) mass is 433 g/mol. The molecule has 4 rings (SSSR count). The standard InChI is InChI=1S/C22H22F3N3O3/c1-12-16(20(27)29)17-14(31-12)5-6-15(18(17)21(11-26)7-3-8-21)30-10-13-4-2-9-28-19(13)22(23,24)25/h2,4-6,9H,3,7-8,10-11,26H2,1H3,(H2,27,29). The summed E-state index contributed by atoms with van der Waals surface area (Å²) in [6.45, 7) is 1.60. The third-order valence-electron chi connectivity index (χ3n) is 6.02. The first kappa shape index (κ1) is 21.2. The predicted octanol–water partition coefficient (Wildman–Crippen LogP) is 4.21. The van der Waals surface area contributed by atoms with Crippen LogP contribution in [0.15, 0.2) is 34.9 Å². The third-order valence-corrected chi connectivity index (χ3v) is 6.02. The number of hydrogen-bond donors (Lipinski definition) is 2. The summed E-state index contributed by atoms with van der Waals surface area (Å²) in [5.74, 6) is 0.0877. The molecule has 2 aromatic heterocycles. The van der Waals surface area contributed by atoms with Crippen LogP contribution in [0.2, 0.25) is 0 Å². The Kier molecular flexibility index (Phi) is 5.17. The average molecular weight is 433 g/mol. The van der Waals surface area contributed by atoms with Crippen LogP contribution in [-0.4, -0.2) is 17.4 Å². The molecule has 4 N–H and O–H groups in total. The first-order valence-electron chi connectivity index (χ1n) is 9.88. The summed E-state index contributed by atoms with van der Waals surface area (Å²) >= 11 is 0. The van der Waals surface area contributed by atoms with Gasteiger partial charge in [-0.25, -0.2) is 0 Å². The molecule has 0 bridgehead atoms. The summed E-state index contributed by atoms with van der Waals surface area (Å²) in [6, 6.07) is 6.03. The average Bonchev–Trinajstić information content (AvgIpc) is 3.02. The van der Waals surface area contributed by atoms with Gasteiger partial charge < -0.3 is 20.6 Å². The van der Waals surface area contributed by atoms with E-state index in [2.05, 4.69) is 4.98 Å². The number of nitrogens with zero attached hydrogens (tertiary/aromatic N) is 1. The van der Waals surface area contributed by atoms with Gasteiger partial charge in [0.2, 0.25) is 0 Å². The second kappa shape index (κ2) is 7.56. The fraction of sp³-hybridized carbons (Fsp3) is 0.364. The maximum atomic E-state index is 13.3. The molecule has 0 unspecified atom stereocenters. The number of ether oxygens (including phenoxy) is 1. The van der Waals surface area contributed by atoms with Crippen LogP contribution in [-0.2, 0) is 18.2 Å². The van der Waals surface area contributed by atoms with Crippen molar-refractivity contribution in [2.45, 2.75) is 44.4 Å². The van der Waals surface area contributed by atoms with E-state index in [4.69, 9.17) is 20.6 Å². The van der Waals surface area contributed by atoms with Crippen LogP contribution in [0.25, 0.3) is 11.0 Å². The summed E-state index contributed by atoms with van der Waals surface area (Å²) in [6.07, 6.45) is -1.03. The smallest absolute Gasteiger partial charge is 0.433 e. The maximum Gasteiger partial charge on any atom is 0.433 e. The Balaban J connectivity index is 1.84. The summed E-state index contributed by atoms with van der Waals surface area (Å²) in [5, 5.41) is 0.523. The van der Waals surface area contributed by atoms with Crippen molar-refractivity contribution in [3.63, 3.8) is 0 Å². The van der Waals surface area contributed by atoms with Crippen LogP contribution in [0.4, 0.5) is 13.2 Å². The van der Waals surface area contributed by atoms with Gasteiger partial charge in [-0.15, -0.1) is 0 Å². The van der Waals surface area contributed by atoms with Gasteiger partial charge in [0.1, 0.15) is 23.7 Å². The molecule has 31 heavy (non-hydrogen) atoms. The van der Waals surface area contributed by atoms with Gasteiger partial charge in [-0.3, -0.25) is 9.78 Å². The van der Waals surface area contributed by atoms with Crippen LogP contribution in [0, 0.1) is 6.92 Å². The van der Waals surface area contributed by atoms with E-state index in [1.54, 1.807) is 19.1 Å². The van der Waals surface area contributed by atoms with Gasteiger partial charge in [-0.1, -0.05) is 12.5 Å². The summed E-state index contributed by atoms with van der Waals surface area (Å²) in [4.78, 5) is 15.6. The molecule has 0 atom stereocenters. The van der Waals surface area contributed by atoms with Crippen LogP contribution < -0.4 is 16.2 Å². The molecule has 6 nitrogen and oxygen atoms in total. The van der Waals surface area contributed by atoms with E-state index in [1.807, 2.05) is 0 Å². The molecule has 9 heteroatoms. The number of furan rings is 1. The largest absolute Gasteiger partial charge is 0.488 e.